The number of aryl methyl sites for hydroxylation is 1. The molecule has 4 heteroatoms. The molecule has 2 amide bonds. The first-order valence-electron chi connectivity index (χ1n) is 8.93. The lowest BCUT2D eigenvalue weighted by Crippen LogP contribution is -2.49. The van der Waals surface area contributed by atoms with Gasteiger partial charge in [-0.2, -0.15) is 0 Å². The summed E-state index contributed by atoms with van der Waals surface area (Å²) in [6, 6.07) is 15.1. The molecule has 0 atom stereocenters. The van der Waals surface area contributed by atoms with Gasteiger partial charge in [0.25, 0.3) is 5.91 Å². The van der Waals surface area contributed by atoms with Crippen LogP contribution in [-0.4, -0.2) is 18.4 Å². The van der Waals surface area contributed by atoms with E-state index in [-0.39, 0.29) is 11.8 Å². The van der Waals surface area contributed by atoms with E-state index in [1.54, 1.807) is 12.1 Å². The Kier molecular flexibility index (Phi) is 5.21. The Morgan fingerprint density at radius 3 is 2.46 bits per heavy atom. The Bertz CT molecular complexity index is 820. The highest BCUT2D eigenvalue weighted by molar-refractivity contribution is 6.04. The number of carbonyl (C=O) groups excluding carboxylic acids is 2. The molecule has 0 heterocycles. The highest BCUT2D eigenvalue weighted by Crippen LogP contribution is 2.44. The maximum Gasteiger partial charge on any atom is 0.255 e. The van der Waals surface area contributed by atoms with E-state index in [2.05, 4.69) is 17.2 Å². The van der Waals surface area contributed by atoms with Crippen molar-refractivity contribution in [3.8, 4) is 0 Å². The molecule has 0 bridgehead atoms. The Balaban J connectivity index is 1.72. The second kappa shape index (κ2) is 7.56. The van der Waals surface area contributed by atoms with E-state index in [9.17, 15) is 9.59 Å². The number of benzene rings is 2. The van der Waals surface area contributed by atoms with Crippen molar-refractivity contribution >= 4 is 17.5 Å². The summed E-state index contributed by atoms with van der Waals surface area (Å²) in [6.07, 6.45) is 4.44. The molecule has 4 nitrogen and oxygen atoms in total. The van der Waals surface area contributed by atoms with E-state index in [1.807, 2.05) is 49.4 Å². The Morgan fingerprint density at radius 2 is 1.88 bits per heavy atom. The smallest absolute Gasteiger partial charge is 0.255 e. The molecule has 1 fully saturated rings. The third-order valence-electron chi connectivity index (χ3n) is 5.02. The van der Waals surface area contributed by atoms with Gasteiger partial charge in [-0.25, -0.2) is 0 Å². The summed E-state index contributed by atoms with van der Waals surface area (Å²) in [5.41, 5.74) is 2.96. The molecule has 0 spiro atoms. The maximum atomic E-state index is 12.6. The molecule has 0 saturated heterocycles. The van der Waals surface area contributed by atoms with E-state index in [4.69, 9.17) is 0 Å². The van der Waals surface area contributed by atoms with Crippen molar-refractivity contribution in [1.82, 2.24) is 5.32 Å². The molecule has 0 aliphatic heterocycles. The summed E-state index contributed by atoms with van der Waals surface area (Å²) < 4.78 is 0. The van der Waals surface area contributed by atoms with Crippen molar-refractivity contribution in [2.45, 2.75) is 31.6 Å². The highest BCUT2D eigenvalue weighted by atomic mass is 16.2. The van der Waals surface area contributed by atoms with Crippen molar-refractivity contribution in [1.29, 1.82) is 0 Å². The number of rotatable bonds is 6. The first-order valence-corrected chi connectivity index (χ1v) is 8.93. The van der Waals surface area contributed by atoms with E-state index in [0.717, 1.165) is 36.1 Å². The summed E-state index contributed by atoms with van der Waals surface area (Å²) in [5.74, 6) is -0.0799. The van der Waals surface area contributed by atoms with Crippen LogP contribution in [0.15, 0.2) is 61.2 Å². The Hall–Kier alpha value is -2.88. The zero-order chi connectivity index (χ0) is 18.6. The molecule has 2 N–H and O–H groups in total. The van der Waals surface area contributed by atoms with Crippen LogP contribution in [0.3, 0.4) is 0 Å². The molecule has 3 rings (SSSR count). The van der Waals surface area contributed by atoms with Crippen molar-refractivity contribution in [3.63, 3.8) is 0 Å². The molecule has 0 radical (unpaired) electrons. The van der Waals surface area contributed by atoms with Crippen LogP contribution in [0, 0.1) is 6.92 Å². The fourth-order valence-electron chi connectivity index (χ4n) is 3.37. The largest absolute Gasteiger partial charge is 0.352 e. The minimum absolute atomic E-state index is 0.0557. The zero-order valence-corrected chi connectivity index (χ0v) is 15.0. The first kappa shape index (κ1) is 17.9. The lowest BCUT2D eigenvalue weighted by Gasteiger charge is -2.40. The highest BCUT2D eigenvalue weighted by Gasteiger charge is 2.45. The maximum absolute atomic E-state index is 12.6. The third kappa shape index (κ3) is 3.54. The normalized spacial score (nSPS) is 14.8. The minimum Gasteiger partial charge on any atom is -0.352 e. The lowest BCUT2D eigenvalue weighted by atomic mass is 9.64. The van der Waals surface area contributed by atoms with Gasteiger partial charge in [0, 0.05) is 17.8 Å². The number of carbonyl (C=O) groups is 2. The number of nitrogens with one attached hydrogen (secondary N) is 2. The number of hydrogen-bond donors (Lipinski definition) is 2. The fraction of sp³-hybridized carbons (Fsp3) is 0.273. The Morgan fingerprint density at radius 1 is 1.15 bits per heavy atom. The molecule has 0 aromatic heterocycles. The molecule has 1 saturated carbocycles. The van der Waals surface area contributed by atoms with E-state index >= 15 is 0 Å². The molecule has 134 valence electrons. The number of hydrogen-bond acceptors (Lipinski definition) is 2. The fourth-order valence-corrected chi connectivity index (χ4v) is 3.37. The molecule has 2 aromatic carbocycles. The molecule has 0 unspecified atom stereocenters. The predicted molar refractivity (Wildman–Crippen MR) is 104 cm³/mol. The van der Waals surface area contributed by atoms with Gasteiger partial charge in [0.05, 0.1) is 5.41 Å². The molecule has 1 aliphatic carbocycles. The Labute approximate surface area is 154 Å². The van der Waals surface area contributed by atoms with Gasteiger partial charge in [-0.05, 0) is 49.6 Å². The van der Waals surface area contributed by atoms with Crippen LogP contribution in [-0.2, 0) is 10.2 Å². The second-order valence-corrected chi connectivity index (χ2v) is 6.84. The topological polar surface area (TPSA) is 58.2 Å². The summed E-state index contributed by atoms with van der Waals surface area (Å²) in [4.78, 5) is 24.9. The average Bonchev–Trinajstić information content (AvgIpc) is 2.60. The zero-order valence-electron chi connectivity index (χ0n) is 15.0. The standard InChI is InChI=1S/C22H24N2O2/c1-3-14-23-21(26)22(12-5-13-22)18-8-10-19(11-9-18)24-20(25)17-7-4-6-16(2)15-17/h3-4,6-11,15H,1,5,12-14H2,2H3,(H,23,26)(H,24,25). The molecule has 26 heavy (non-hydrogen) atoms. The van der Waals surface area contributed by atoms with Crippen molar-refractivity contribution in [2.75, 3.05) is 11.9 Å². The van der Waals surface area contributed by atoms with Crippen LogP contribution in [0.5, 0.6) is 0 Å². The van der Waals surface area contributed by atoms with Crippen LogP contribution in [0.25, 0.3) is 0 Å². The first-order chi connectivity index (χ1) is 12.5. The van der Waals surface area contributed by atoms with Crippen LogP contribution in [0.1, 0.15) is 40.7 Å². The minimum atomic E-state index is -0.442. The molecular formula is C22H24N2O2. The van der Waals surface area contributed by atoms with Crippen molar-refractivity contribution in [3.05, 3.63) is 77.9 Å². The summed E-state index contributed by atoms with van der Waals surface area (Å²) in [6.45, 7) is 6.08. The van der Waals surface area contributed by atoms with Gasteiger partial charge < -0.3 is 10.6 Å². The van der Waals surface area contributed by atoms with Gasteiger partial charge in [0.1, 0.15) is 0 Å². The second-order valence-electron chi connectivity index (χ2n) is 6.84. The predicted octanol–water partition coefficient (Wildman–Crippen LogP) is 3.97. The van der Waals surface area contributed by atoms with Gasteiger partial charge in [-0.1, -0.05) is 42.3 Å². The van der Waals surface area contributed by atoms with Gasteiger partial charge in [-0.3, -0.25) is 9.59 Å². The van der Waals surface area contributed by atoms with Gasteiger partial charge in [-0.15, -0.1) is 6.58 Å². The van der Waals surface area contributed by atoms with Crippen LogP contribution in [0.4, 0.5) is 5.69 Å². The van der Waals surface area contributed by atoms with E-state index in [1.165, 1.54) is 0 Å². The van der Waals surface area contributed by atoms with Crippen LogP contribution >= 0.6 is 0 Å². The van der Waals surface area contributed by atoms with Crippen molar-refractivity contribution < 1.29 is 9.59 Å². The average molecular weight is 348 g/mol. The third-order valence-corrected chi connectivity index (χ3v) is 5.02. The SMILES string of the molecule is C=CCNC(=O)C1(c2ccc(NC(=O)c3cccc(C)c3)cc2)CCC1. The summed E-state index contributed by atoms with van der Waals surface area (Å²) in [7, 11) is 0. The van der Waals surface area contributed by atoms with Crippen LogP contribution < -0.4 is 10.6 Å². The van der Waals surface area contributed by atoms with Gasteiger partial charge in [0.2, 0.25) is 5.91 Å². The number of amides is 2. The van der Waals surface area contributed by atoms with Crippen LogP contribution in [0.2, 0.25) is 0 Å². The van der Waals surface area contributed by atoms with Crippen molar-refractivity contribution in [2.24, 2.45) is 0 Å². The van der Waals surface area contributed by atoms with Gasteiger partial charge >= 0.3 is 0 Å². The van der Waals surface area contributed by atoms with Gasteiger partial charge in [0.15, 0.2) is 0 Å². The number of anilines is 1. The quantitative estimate of drug-likeness (QED) is 0.776. The molecule has 2 aromatic rings. The molecular weight excluding hydrogens is 324 g/mol. The van der Waals surface area contributed by atoms with E-state index in [0.29, 0.717) is 12.1 Å². The summed E-state index contributed by atoms with van der Waals surface area (Å²) in [5, 5.41) is 5.83. The van der Waals surface area contributed by atoms with E-state index < -0.39 is 5.41 Å². The lowest BCUT2D eigenvalue weighted by molar-refractivity contribution is -0.129. The molecule has 1 aliphatic rings. The summed E-state index contributed by atoms with van der Waals surface area (Å²) >= 11 is 0. The monoisotopic (exact) mass is 348 g/mol.